The summed E-state index contributed by atoms with van der Waals surface area (Å²) in [4.78, 5) is 17.2. The average molecular weight is 312 g/mol. The third kappa shape index (κ3) is 3.58. The number of pyridine rings is 1. The van der Waals surface area contributed by atoms with Crippen molar-refractivity contribution in [2.45, 2.75) is 24.8 Å². The zero-order chi connectivity index (χ0) is 15.5. The van der Waals surface area contributed by atoms with Gasteiger partial charge >= 0.3 is 0 Å². The molecule has 0 aromatic carbocycles. The van der Waals surface area contributed by atoms with Crippen molar-refractivity contribution in [2.24, 2.45) is 5.73 Å². The molecule has 1 aromatic rings. The highest BCUT2D eigenvalue weighted by atomic mass is 32.2. The maximum absolute atomic E-state index is 12.6. The maximum atomic E-state index is 12.6. The first-order valence-corrected chi connectivity index (χ1v) is 8.30. The molecule has 1 aliphatic heterocycles. The van der Waals surface area contributed by atoms with Gasteiger partial charge in [0.15, 0.2) is 0 Å². The highest BCUT2D eigenvalue weighted by molar-refractivity contribution is 7.89. The lowest BCUT2D eigenvalue weighted by Crippen LogP contribution is -2.36. The lowest BCUT2D eigenvalue weighted by molar-refractivity contribution is -0.128. The standard InChI is InChI=1S/C13H20N4O3S/c1-11(18)16-5-2-6-17(8-7-16)21(19,20)13-4-3-12(9-14)15-10-13/h3-4,10H,2,5-9,14H2,1H3. The molecule has 1 amide bonds. The summed E-state index contributed by atoms with van der Waals surface area (Å²) in [5.41, 5.74) is 6.10. The summed E-state index contributed by atoms with van der Waals surface area (Å²) in [6.45, 7) is 3.50. The predicted octanol–water partition coefficient (Wildman–Crippen LogP) is -0.217. The van der Waals surface area contributed by atoms with Crippen molar-refractivity contribution in [3.63, 3.8) is 0 Å². The second kappa shape index (κ2) is 6.50. The van der Waals surface area contributed by atoms with Crippen LogP contribution < -0.4 is 5.73 Å². The molecular weight excluding hydrogens is 292 g/mol. The van der Waals surface area contributed by atoms with E-state index in [2.05, 4.69) is 4.98 Å². The molecule has 116 valence electrons. The minimum Gasteiger partial charge on any atom is -0.342 e. The molecule has 0 spiro atoms. The van der Waals surface area contributed by atoms with Crippen LogP contribution in [0.3, 0.4) is 0 Å². The van der Waals surface area contributed by atoms with Crippen LogP contribution in [0.5, 0.6) is 0 Å². The summed E-state index contributed by atoms with van der Waals surface area (Å²) in [7, 11) is -3.57. The van der Waals surface area contributed by atoms with Gasteiger partial charge in [0.1, 0.15) is 4.90 Å². The van der Waals surface area contributed by atoms with E-state index in [1.807, 2.05) is 0 Å². The molecule has 1 aromatic heterocycles. The van der Waals surface area contributed by atoms with Crippen molar-refractivity contribution in [3.05, 3.63) is 24.0 Å². The molecule has 0 radical (unpaired) electrons. The monoisotopic (exact) mass is 312 g/mol. The van der Waals surface area contributed by atoms with Crippen LogP contribution in [0, 0.1) is 0 Å². The number of nitrogens with zero attached hydrogens (tertiary/aromatic N) is 3. The zero-order valence-electron chi connectivity index (χ0n) is 12.0. The Hall–Kier alpha value is -1.51. The topological polar surface area (TPSA) is 96.6 Å². The molecule has 7 nitrogen and oxygen atoms in total. The number of carbonyl (C=O) groups excluding carboxylic acids is 1. The van der Waals surface area contributed by atoms with Crippen molar-refractivity contribution < 1.29 is 13.2 Å². The Morgan fingerprint density at radius 2 is 2.05 bits per heavy atom. The highest BCUT2D eigenvalue weighted by Crippen LogP contribution is 2.17. The summed E-state index contributed by atoms with van der Waals surface area (Å²) in [6, 6.07) is 3.14. The van der Waals surface area contributed by atoms with Crippen LogP contribution in [-0.4, -0.2) is 54.7 Å². The lowest BCUT2D eigenvalue weighted by Gasteiger charge is -2.21. The fraction of sp³-hybridized carbons (Fsp3) is 0.538. The highest BCUT2D eigenvalue weighted by Gasteiger charge is 2.27. The summed E-state index contributed by atoms with van der Waals surface area (Å²) < 4.78 is 26.5. The Labute approximate surface area is 124 Å². The minimum absolute atomic E-state index is 0.0248. The molecule has 0 unspecified atom stereocenters. The number of aromatic nitrogens is 1. The molecule has 2 rings (SSSR count). The van der Waals surface area contributed by atoms with Gasteiger partial charge in [-0.05, 0) is 18.6 Å². The number of hydrogen-bond donors (Lipinski definition) is 1. The van der Waals surface area contributed by atoms with Crippen molar-refractivity contribution >= 4 is 15.9 Å². The molecule has 0 aliphatic carbocycles. The third-order valence-electron chi connectivity index (χ3n) is 3.54. The van der Waals surface area contributed by atoms with Crippen molar-refractivity contribution in [3.8, 4) is 0 Å². The Morgan fingerprint density at radius 1 is 1.29 bits per heavy atom. The van der Waals surface area contributed by atoms with Gasteiger partial charge in [0, 0.05) is 45.8 Å². The van der Waals surface area contributed by atoms with Gasteiger partial charge in [-0.3, -0.25) is 9.78 Å². The molecule has 1 saturated heterocycles. The van der Waals surface area contributed by atoms with Gasteiger partial charge in [-0.15, -0.1) is 0 Å². The second-order valence-corrected chi connectivity index (χ2v) is 6.89. The second-order valence-electron chi connectivity index (χ2n) is 4.95. The molecule has 1 aliphatic rings. The third-order valence-corrected chi connectivity index (χ3v) is 5.43. The van der Waals surface area contributed by atoms with E-state index in [0.29, 0.717) is 38.3 Å². The Morgan fingerprint density at radius 3 is 2.62 bits per heavy atom. The summed E-state index contributed by atoms with van der Waals surface area (Å²) in [6.07, 6.45) is 1.97. The van der Waals surface area contributed by atoms with Crippen LogP contribution in [0.2, 0.25) is 0 Å². The van der Waals surface area contributed by atoms with Crippen molar-refractivity contribution in [2.75, 3.05) is 26.2 Å². The quantitative estimate of drug-likeness (QED) is 0.832. The van der Waals surface area contributed by atoms with E-state index in [1.165, 1.54) is 23.5 Å². The fourth-order valence-corrected chi connectivity index (χ4v) is 3.70. The van der Waals surface area contributed by atoms with E-state index in [0.717, 1.165) is 0 Å². The fourth-order valence-electron chi connectivity index (χ4n) is 2.28. The van der Waals surface area contributed by atoms with Gasteiger partial charge in [0.05, 0.1) is 5.69 Å². The van der Waals surface area contributed by atoms with Crippen LogP contribution in [0.25, 0.3) is 0 Å². The average Bonchev–Trinajstić information content (AvgIpc) is 2.73. The number of carbonyl (C=O) groups is 1. The van der Waals surface area contributed by atoms with Crippen LogP contribution >= 0.6 is 0 Å². The molecule has 0 atom stereocenters. The first kappa shape index (κ1) is 15.9. The predicted molar refractivity (Wildman–Crippen MR) is 77.8 cm³/mol. The Balaban J connectivity index is 2.16. The molecule has 2 heterocycles. The van der Waals surface area contributed by atoms with E-state index in [9.17, 15) is 13.2 Å². The van der Waals surface area contributed by atoms with Crippen LogP contribution in [0.1, 0.15) is 19.0 Å². The summed E-state index contributed by atoms with van der Waals surface area (Å²) in [5, 5.41) is 0. The van der Waals surface area contributed by atoms with E-state index in [-0.39, 0.29) is 17.3 Å². The molecule has 8 heteroatoms. The maximum Gasteiger partial charge on any atom is 0.244 e. The number of hydrogen-bond acceptors (Lipinski definition) is 5. The largest absolute Gasteiger partial charge is 0.342 e. The minimum atomic E-state index is -3.57. The summed E-state index contributed by atoms with van der Waals surface area (Å²) in [5.74, 6) is -0.0248. The molecule has 2 N–H and O–H groups in total. The first-order valence-electron chi connectivity index (χ1n) is 6.86. The number of sulfonamides is 1. The first-order chi connectivity index (χ1) is 9.95. The van der Waals surface area contributed by atoms with Gasteiger partial charge in [-0.25, -0.2) is 8.42 Å². The van der Waals surface area contributed by atoms with E-state index in [1.54, 1.807) is 11.0 Å². The van der Waals surface area contributed by atoms with Gasteiger partial charge in [-0.2, -0.15) is 4.31 Å². The zero-order valence-corrected chi connectivity index (χ0v) is 12.8. The van der Waals surface area contributed by atoms with Crippen LogP contribution in [-0.2, 0) is 21.4 Å². The molecule has 21 heavy (non-hydrogen) atoms. The smallest absolute Gasteiger partial charge is 0.244 e. The number of amides is 1. The normalized spacial score (nSPS) is 17.5. The van der Waals surface area contributed by atoms with Gasteiger partial charge in [0.2, 0.25) is 15.9 Å². The Kier molecular flexibility index (Phi) is 4.92. The van der Waals surface area contributed by atoms with E-state index >= 15 is 0 Å². The molecule has 0 bridgehead atoms. The van der Waals surface area contributed by atoms with Gasteiger partial charge in [-0.1, -0.05) is 0 Å². The molecule has 1 fully saturated rings. The summed E-state index contributed by atoms with van der Waals surface area (Å²) >= 11 is 0. The van der Waals surface area contributed by atoms with Crippen molar-refractivity contribution in [1.29, 1.82) is 0 Å². The molecular formula is C13H20N4O3S. The van der Waals surface area contributed by atoms with E-state index in [4.69, 9.17) is 5.73 Å². The van der Waals surface area contributed by atoms with Crippen LogP contribution in [0.4, 0.5) is 0 Å². The number of nitrogens with two attached hydrogens (primary N) is 1. The Bertz CT molecular complexity index is 600. The lowest BCUT2D eigenvalue weighted by atomic mass is 10.4. The van der Waals surface area contributed by atoms with Gasteiger partial charge < -0.3 is 10.6 Å². The van der Waals surface area contributed by atoms with Crippen molar-refractivity contribution in [1.82, 2.24) is 14.2 Å². The van der Waals surface area contributed by atoms with Gasteiger partial charge in [0.25, 0.3) is 0 Å². The van der Waals surface area contributed by atoms with E-state index < -0.39 is 10.0 Å². The number of rotatable bonds is 3. The SMILES string of the molecule is CC(=O)N1CCCN(S(=O)(=O)c2ccc(CN)nc2)CC1. The molecule has 0 saturated carbocycles. The van der Waals surface area contributed by atoms with Crippen LogP contribution in [0.15, 0.2) is 23.2 Å².